The number of nitrogens with zero attached hydrogens (tertiary/aromatic N) is 3. The van der Waals surface area contributed by atoms with Gasteiger partial charge in [-0.3, -0.25) is 9.48 Å². The van der Waals surface area contributed by atoms with E-state index in [-0.39, 0.29) is 17.4 Å². The summed E-state index contributed by atoms with van der Waals surface area (Å²) in [7, 11) is -1.96. The van der Waals surface area contributed by atoms with E-state index in [1.807, 2.05) is 43.8 Å². The third kappa shape index (κ3) is 6.88. The molecule has 5 atom stereocenters. The van der Waals surface area contributed by atoms with Gasteiger partial charge in [0.05, 0.1) is 41.6 Å². The van der Waals surface area contributed by atoms with Gasteiger partial charge in [0.2, 0.25) is 10.0 Å². The second-order valence-corrected chi connectivity index (χ2v) is 16.9. The van der Waals surface area contributed by atoms with Crippen molar-refractivity contribution >= 4 is 33.2 Å². The third-order valence-corrected chi connectivity index (χ3v) is 13.4. The van der Waals surface area contributed by atoms with Gasteiger partial charge >= 0.3 is 0 Å². The monoisotopic (exact) mass is 706 g/mol. The molecular weight excluding hydrogens is 660 g/mol. The first kappa shape index (κ1) is 34.1. The highest BCUT2D eigenvalue weighted by molar-refractivity contribution is 7.90. The van der Waals surface area contributed by atoms with Crippen LogP contribution >= 0.6 is 11.6 Å². The molecular formula is C38H47ClN4O5S. The van der Waals surface area contributed by atoms with Crippen LogP contribution in [-0.4, -0.2) is 55.2 Å². The number of ether oxygens (including phenoxy) is 2. The van der Waals surface area contributed by atoms with Crippen LogP contribution in [0.5, 0.6) is 5.75 Å². The van der Waals surface area contributed by atoms with E-state index in [9.17, 15) is 13.2 Å². The number of hydrogen-bond acceptors (Lipinski definition) is 7. The number of sulfonamides is 1. The van der Waals surface area contributed by atoms with Crippen LogP contribution in [0.1, 0.15) is 84.7 Å². The first-order valence-electron chi connectivity index (χ1n) is 17.7. The van der Waals surface area contributed by atoms with E-state index < -0.39 is 21.2 Å². The maximum atomic E-state index is 13.5. The van der Waals surface area contributed by atoms with Gasteiger partial charge in [0.25, 0.3) is 5.91 Å². The number of carbonyl (C=O) groups is 1. The molecule has 49 heavy (non-hydrogen) atoms. The zero-order valence-electron chi connectivity index (χ0n) is 28.7. The van der Waals surface area contributed by atoms with Crippen molar-refractivity contribution in [3.05, 3.63) is 87.7 Å². The summed E-state index contributed by atoms with van der Waals surface area (Å²) in [5.74, 6) is 0.742. The molecule has 1 fully saturated rings. The minimum atomic E-state index is -3.90. The summed E-state index contributed by atoms with van der Waals surface area (Å²) in [5, 5.41) is 4.55. The molecule has 9 nitrogen and oxygen atoms in total. The molecule has 3 aromatic rings. The Bertz CT molecular complexity index is 1860. The number of halogens is 1. The lowest BCUT2D eigenvalue weighted by atomic mass is 9.68. The van der Waals surface area contributed by atoms with Crippen LogP contribution in [0.3, 0.4) is 0 Å². The summed E-state index contributed by atoms with van der Waals surface area (Å²) in [6, 6.07) is 13.6. The van der Waals surface area contributed by atoms with Crippen LogP contribution in [0.25, 0.3) is 0 Å². The van der Waals surface area contributed by atoms with Crippen molar-refractivity contribution in [2.75, 3.05) is 24.6 Å². The number of carbonyl (C=O) groups excluding carboxylic acids is 1. The SMILES string of the molecule is CC[C@@H]1CC/C=C/[C@H](OCc2cc(C)nn2C)[C@@H]2CC[C@H]2CN2C[C@@]3(CCCc4cc(Cl)ccc43)COc3ccc(cc32)C(=O)NS1(=O)=O. The number of nitrogens with one attached hydrogen (secondary N) is 1. The molecule has 1 aromatic heterocycles. The first-order valence-corrected chi connectivity index (χ1v) is 19.6. The first-order chi connectivity index (χ1) is 23.5. The molecule has 2 bridgehead atoms. The number of aromatic nitrogens is 2. The Labute approximate surface area is 295 Å². The Morgan fingerprint density at radius 1 is 1.14 bits per heavy atom. The van der Waals surface area contributed by atoms with Crippen molar-refractivity contribution in [1.82, 2.24) is 14.5 Å². The number of benzene rings is 2. The second-order valence-electron chi connectivity index (χ2n) is 14.5. The van der Waals surface area contributed by atoms with Crippen LogP contribution < -0.4 is 14.4 Å². The summed E-state index contributed by atoms with van der Waals surface area (Å²) in [6.45, 7) is 6.27. The van der Waals surface area contributed by atoms with Gasteiger partial charge in [-0.25, -0.2) is 13.1 Å². The fraction of sp³-hybridized carbons (Fsp3) is 0.526. The Balaban J connectivity index is 1.27. The lowest BCUT2D eigenvalue weighted by Gasteiger charge is -2.46. The van der Waals surface area contributed by atoms with E-state index in [1.165, 1.54) is 11.1 Å². The van der Waals surface area contributed by atoms with Gasteiger partial charge in [-0.15, -0.1) is 0 Å². The standard InChI is InChI=1S/C38H47ClN4O5S/c1-4-31-9-5-6-10-35(47-22-30-18-25(2)40-42(30)3)32-14-11-28(32)21-43-23-38(17-7-8-26-19-29(39)13-15-33(26)38)24-48-36-16-12-27(20-34(36)43)37(44)41-49(31,45)46/h6,10,12-13,15-16,18-20,28,31-32,35H,4-5,7-9,11,14,17,21-24H2,1-3H3,(H,41,44)/b10-6+/t28-,31+,32+,35-,38-/m0/s1. The molecule has 3 heterocycles. The Morgan fingerprint density at radius 2 is 2.00 bits per heavy atom. The van der Waals surface area contributed by atoms with E-state index >= 15 is 0 Å². The minimum absolute atomic E-state index is 0.126. The topological polar surface area (TPSA) is 103 Å². The van der Waals surface area contributed by atoms with Crippen molar-refractivity contribution < 1.29 is 22.7 Å². The number of hydrogen-bond donors (Lipinski definition) is 1. The minimum Gasteiger partial charge on any atom is -0.490 e. The van der Waals surface area contributed by atoms with E-state index in [1.54, 1.807) is 6.07 Å². The quantitative estimate of drug-likeness (QED) is 0.303. The molecule has 1 N–H and O–H groups in total. The summed E-state index contributed by atoms with van der Waals surface area (Å²) < 4.78 is 44.5. The van der Waals surface area contributed by atoms with Gasteiger partial charge in [0, 0.05) is 36.1 Å². The molecule has 1 saturated carbocycles. The molecule has 7 rings (SSSR count). The molecule has 0 radical (unpaired) electrons. The highest BCUT2D eigenvalue weighted by Gasteiger charge is 2.44. The lowest BCUT2D eigenvalue weighted by Crippen LogP contribution is -2.49. The molecule has 1 spiro atoms. The van der Waals surface area contributed by atoms with E-state index in [2.05, 4.69) is 45.1 Å². The average molecular weight is 707 g/mol. The number of allylic oxidation sites excluding steroid dienone is 1. The van der Waals surface area contributed by atoms with Crippen LogP contribution in [-0.2, 0) is 40.3 Å². The van der Waals surface area contributed by atoms with Gasteiger partial charge in [-0.05, 0) is 118 Å². The van der Waals surface area contributed by atoms with Gasteiger partial charge in [0.1, 0.15) is 5.75 Å². The molecule has 262 valence electrons. The normalized spacial score (nSPS) is 28.7. The van der Waals surface area contributed by atoms with Crippen LogP contribution in [0.2, 0.25) is 5.02 Å². The van der Waals surface area contributed by atoms with Crippen molar-refractivity contribution in [2.24, 2.45) is 18.9 Å². The van der Waals surface area contributed by atoms with Crippen LogP contribution in [0, 0.1) is 18.8 Å². The van der Waals surface area contributed by atoms with Gasteiger partial charge in [0.15, 0.2) is 0 Å². The molecule has 1 amide bonds. The van der Waals surface area contributed by atoms with E-state index in [4.69, 9.17) is 21.1 Å². The highest BCUT2D eigenvalue weighted by atomic mass is 35.5. The second kappa shape index (κ2) is 13.8. The van der Waals surface area contributed by atoms with Crippen LogP contribution in [0.15, 0.2) is 54.6 Å². The zero-order valence-corrected chi connectivity index (χ0v) is 30.2. The largest absolute Gasteiger partial charge is 0.490 e. The molecule has 11 heteroatoms. The third-order valence-electron chi connectivity index (χ3n) is 11.3. The van der Waals surface area contributed by atoms with Crippen molar-refractivity contribution in [3.63, 3.8) is 0 Å². The predicted octanol–water partition coefficient (Wildman–Crippen LogP) is 6.65. The molecule has 2 aromatic carbocycles. The number of amides is 1. The Hall–Kier alpha value is -3.34. The average Bonchev–Trinajstić information content (AvgIpc) is 3.30. The summed E-state index contributed by atoms with van der Waals surface area (Å²) in [5.41, 5.74) is 5.39. The van der Waals surface area contributed by atoms with Gasteiger partial charge < -0.3 is 14.4 Å². The van der Waals surface area contributed by atoms with Gasteiger partial charge in [-0.2, -0.15) is 5.10 Å². The van der Waals surface area contributed by atoms with Crippen molar-refractivity contribution in [1.29, 1.82) is 0 Å². The van der Waals surface area contributed by atoms with E-state index in [0.29, 0.717) is 49.7 Å². The molecule has 0 saturated heterocycles. The summed E-state index contributed by atoms with van der Waals surface area (Å²) in [4.78, 5) is 15.9. The smallest absolute Gasteiger partial charge is 0.264 e. The Kier molecular flexibility index (Phi) is 9.58. The van der Waals surface area contributed by atoms with Crippen molar-refractivity contribution in [3.8, 4) is 5.75 Å². The molecule has 2 aliphatic carbocycles. The van der Waals surface area contributed by atoms with Crippen molar-refractivity contribution in [2.45, 2.75) is 88.6 Å². The zero-order chi connectivity index (χ0) is 34.3. The number of anilines is 1. The summed E-state index contributed by atoms with van der Waals surface area (Å²) >= 11 is 6.46. The Morgan fingerprint density at radius 3 is 2.76 bits per heavy atom. The fourth-order valence-electron chi connectivity index (χ4n) is 8.46. The maximum Gasteiger partial charge on any atom is 0.264 e. The highest BCUT2D eigenvalue weighted by Crippen LogP contribution is 2.47. The van der Waals surface area contributed by atoms with E-state index in [0.717, 1.165) is 67.3 Å². The van der Waals surface area contributed by atoms with Crippen LogP contribution in [0.4, 0.5) is 5.69 Å². The number of aryl methyl sites for hydroxylation is 3. The molecule has 2 aliphatic heterocycles. The maximum absolute atomic E-state index is 13.5. The predicted molar refractivity (Wildman–Crippen MR) is 192 cm³/mol. The number of rotatable bonds is 4. The van der Waals surface area contributed by atoms with Gasteiger partial charge in [-0.1, -0.05) is 36.7 Å². The summed E-state index contributed by atoms with van der Waals surface area (Å²) in [6.07, 6.45) is 10.6. The number of fused-ring (bicyclic) bond motifs is 4. The molecule has 0 unspecified atom stereocenters. The molecule has 4 aliphatic rings. The fourth-order valence-corrected chi connectivity index (χ4v) is 10.1. The lowest BCUT2D eigenvalue weighted by molar-refractivity contribution is -0.0246.